The normalized spacial score (nSPS) is 30.1. The third kappa shape index (κ3) is 1.77. The molecule has 3 rings (SSSR count). The summed E-state index contributed by atoms with van der Waals surface area (Å²) >= 11 is 0. The Labute approximate surface area is 113 Å². The highest BCUT2D eigenvalue weighted by Crippen LogP contribution is 2.36. The SMILES string of the molecule is Nc1nc(N)c2nnn(C3CC(CO)C(O)C3O)c2n1. The monoisotopic (exact) mass is 281 g/mol. The number of aromatic nitrogens is 5. The molecule has 20 heavy (non-hydrogen) atoms. The van der Waals surface area contributed by atoms with Crippen LogP contribution in [0.15, 0.2) is 0 Å². The molecule has 1 aliphatic carbocycles. The van der Waals surface area contributed by atoms with E-state index in [4.69, 9.17) is 11.5 Å². The van der Waals surface area contributed by atoms with Crippen molar-refractivity contribution in [2.45, 2.75) is 24.7 Å². The van der Waals surface area contributed by atoms with Crippen LogP contribution in [-0.2, 0) is 0 Å². The van der Waals surface area contributed by atoms with Crippen molar-refractivity contribution >= 4 is 22.9 Å². The topological polar surface area (TPSA) is 169 Å². The Balaban J connectivity index is 2.07. The zero-order chi connectivity index (χ0) is 14.4. The van der Waals surface area contributed by atoms with E-state index in [-0.39, 0.29) is 23.9 Å². The standard InChI is InChI=1S/C10H15N7O3/c11-8-5-9(14-10(12)13-8)17(16-15-5)4-1-3(2-18)6(19)7(4)20/h3-4,6-7,18-20H,1-2H2,(H4,11,12,13,14). The van der Waals surface area contributed by atoms with Crippen molar-refractivity contribution in [3.8, 4) is 0 Å². The molecule has 0 spiro atoms. The van der Waals surface area contributed by atoms with Gasteiger partial charge in [0.25, 0.3) is 0 Å². The molecule has 0 bridgehead atoms. The van der Waals surface area contributed by atoms with Crippen molar-refractivity contribution in [2.24, 2.45) is 5.92 Å². The number of hydrogen-bond acceptors (Lipinski definition) is 9. The molecule has 0 aromatic carbocycles. The molecule has 4 atom stereocenters. The summed E-state index contributed by atoms with van der Waals surface area (Å²) in [6, 6.07) is -0.555. The third-order valence-electron chi connectivity index (χ3n) is 3.69. The Hall–Kier alpha value is -2.04. The molecule has 10 nitrogen and oxygen atoms in total. The zero-order valence-corrected chi connectivity index (χ0v) is 10.5. The lowest BCUT2D eigenvalue weighted by atomic mass is 10.1. The molecule has 2 aromatic rings. The molecule has 0 amide bonds. The van der Waals surface area contributed by atoms with Gasteiger partial charge in [0.15, 0.2) is 17.0 Å². The average Bonchev–Trinajstić information content (AvgIpc) is 2.93. The molecule has 2 aromatic heterocycles. The minimum Gasteiger partial charge on any atom is -0.396 e. The Morgan fingerprint density at radius 2 is 1.95 bits per heavy atom. The lowest BCUT2D eigenvalue weighted by Crippen LogP contribution is -2.30. The highest BCUT2D eigenvalue weighted by Gasteiger charge is 2.43. The van der Waals surface area contributed by atoms with Gasteiger partial charge in [0.2, 0.25) is 5.95 Å². The molecule has 1 aliphatic rings. The summed E-state index contributed by atoms with van der Waals surface area (Å²) in [6.45, 7) is -0.222. The first-order valence-corrected chi connectivity index (χ1v) is 6.13. The summed E-state index contributed by atoms with van der Waals surface area (Å²) < 4.78 is 1.37. The average molecular weight is 281 g/mol. The highest BCUT2D eigenvalue weighted by molar-refractivity contribution is 5.81. The van der Waals surface area contributed by atoms with Gasteiger partial charge in [0.1, 0.15) is 6.10 Å². The molecule has 1 fully saturated rings. The van der Waals surface area contributed by atoms with Gasteiger partial charge in [-0.1, -0.05) is 5.21 Å². The smallest absolute Gasteiger partial charge is 0.224 e. The van der Waals surface area contributed by atoms with Crippen LogP contribution in [0.5, 0.6) is 0 Å². The van der Waals surface area contributed by atoms with E-state index in [1.54, 1.807) is 0 Å². The van der Waals surface area contributed by atoms with E-state index in [0.29, 0.717) is 12.1 Å². The molecule has 2 heterocycles. The maximum atomic E-state index is 10.1. The van der Waals surface area contributed by atoms with E-state index in [9.17, 15) is 15.3 Å². The highest BCUT2D eigenvalue weighted by atomic mass is 16.3. The Kier molecular flexibility index (Phi) is 2.92. The summed E-state index contributed by atoms with van der Waals surface area (Å²) in [6.07, 6.45) is -1.75. The second-order valence-electron chi connectivity index (χ2n) is 4.90. The minimum absolute atomic E-state index is 0.0229. The van der Waals surface area contributed by atoms with E-state index in [0.717, 1.165) is 0 Å². The Morgan fingerprint density at radius 1 is 1.20 bits per heavy atom. The molecule has 7 N–H and O–H groups in total. The molecular weight excluding hydrogens is 266 g/mol. The van der Waals surface area contributed by atoms with Crippen molar-refractivity contribution in [3.63, 3.8) is 0 Å². The minimum atomic E-state index is -1.07. The number of nitrogens with two attached hydrogens (primary N) is 2. The van der Waals surface area contributed by atoms with Crippen LogP contribution >= 0.6 is 0 Å². The fourth-order valence-electron chi connectivity index (χ4n) is 2.61. The number of aliphatic hydroxyl groups is 3. The van der Waals surface area contributed by atoms with Gasteiger partial charge in [-0.15, -0.1) is 5.10 Å². The van der Waals surface area contributed by atoms with Crippen LogP contribution in [0.4, 0.5) is 11.8 Å². The summed E-state index contributed by atoms with van der Waals surface area (Å²) in [5.74, 6) is -0.346. The van der Waals surface area contributed by atoms with Gasteiger partial charge >= 0.3 is 0 Å². The molecule has 4 unspecified atom stereocenters. The van der Waals surface area contributed by atoms with E-state index in [2.05, 4.69) is 20.3 Å². The fraction of sp³-hybridized carbons (Fsp3) is 0.600. The zero-order valence-electron chi connectivity index (χ0n) is 10.5. The summed E-state index contributed by atoms with van der Waals surface area (Å²) in [5.41, 5.74) is 11.8. The number of anilines is 2. The van der Waals surface area contributed by atoms with Crippen molar-refractivity contribution < 1.29 is 15.3 Å². The molecular formula is C10H15N7O3. The van der Waals surface area contributed by atoms with Crippen molar-refractivity contribution in [3.05, 3.63) is 0 Å². The van der Waals surface area contributed by atoms with Crippen LogP contribution < -0.4 is 11.5 Å². The van der Waals surface area contributed by atoms with Gasteiger partial charge in [0, 0.05) is 12.5 Å². The van der Waals surface area contributed by atoms with Gasteiger partial charge < -0.3 is 26.8 Å². The first kappa shape index (κ1) is 13.0. The second kappa shape index (κ2) is 4.51. The lowest BCUT2D eigenvalue weighted by molar-refractivity contribution is -0.00511. The lowest BCUT2D eigenvalue weighted by Gasteiger charge is -2.16. The van der Waals surface area contributed by atoms with Gasteiger partial charge in [-0.05, 0) is 6.42 Å². The maximum Gasteiger partial charge on any atom is 0.224 e. The van der Waals surface area contributed by atoms with Gasteiger partial charge in [-0.25, -0.2) is 4.68 Å². The number of fused-ring (bicyclic) bond motifs is 1. The largest absolute Gasteiger partial charge is 0.396 e. The van der Waals surface area contributed by atoms with Crippen LogP contribution in [0, 0.1) is 5.92 Å². The van der Waals surface area contributed by atoms with Crippen LogP contribution in [-0.4, -0.2) is 59.1 Å². The van der Waals surface area contributed by atoms with E-state index in [1.807, 2.05) is 0 Å². The number of rotatable bonds is 2. The number of hydrogen-bond donors (Lipinski definition) is 5. The van der Waals surface area contributed by atoms with Crippen LogP contribution in [0.3, 0.4) is 0 Å². The van der Waals surface area contributed by atoms with Crippen molar-refractivity contribution in [1.82, 2.24) is 25.0 Å². The van der Waals surface area contributed by atoms with E-state index >= 15 is 0 Å². The van der Waals surface area contributed by atoms with Gasteiger partial charge in [-0.3, -0.25) is 0 Å². The molecule has 1 saturated carbocycles. The van der Waals surface area contributed by atoms with Crippen LogP contribution in [0.1, 0.15) is 12.5 Å². The van der Waals surface area contributed by atoms with Crippen LogP contribution in [0.25, 0.3) is 11.2 Å². The fourth-order valence-corrected chi connectivity index (χ4v) is 2.61. The Morgan fingerprint density at radius 3 is 2.60 bits per heavy atom. The molecule has 10 heteroatoms. The number of aliphatic hydroxyl groups excluding tert-OH is 3. The first-order valence-electron chi connectivity index (χ1n) is 6.13. The van der Waals surface area contributed by atoms with Crippen LogP contribution in [0.2, 0.25) is 0 Å². The Bertz CT molecular complexity index is 645. The first-order chi connectivity index (χ1) is 9.52. The van der Waals surface area contributed by atoms with Crippen molar-refractivity contribution in [1.29, 1.82) is 0 Å². The molecule has 0 saturated heterocycles. The van der Waals surface area contributed by atoms with E-state index < -0.39 is 24.2 Å². The third-order valence-corrected chi connectivity index (χ3v) is 3.69. The van der Waals surface area contributed by atoms with E-state index in [1.165, 1.54) is 4.68 Å². The van der Waals surface area contributed by atoms with Gasteiger partial charge in [-0.2, -0.15) is 9.97 Å². The summed E-state index contributed by atoms with van der Waals surface area (Å²) in [7, 11) is 0. The predicted molar refractivity (Wildman–Crippen MR) is 68.2 cm³/mol. The molecule has 108 valence electrons. The molecule has 0 radical (unpaired) electrons. The van der Waals surface area contributed by atoms with Crippen molar-refractivity contribution in [2.75, 3.05) is 18.1 Å². The number of nitrogen functional groups attached to an aromatic ring is 2. The predicted octanol–water partition coefficient (Wildman–Crippen LogP) is -2.34. The maximum absolute atomic E-state index is 10.1. The summed E-state index contributed by atoms with van der Waals surface area (Å²) in [4.78, 5) is 7.80. The quantitative estimate of drug-likeness (QED) is 0.404. The van der Waals surface area contributed by atoms with Gasteiger partial charge in [0.05, 0.1) is 12.1 Å². The summed E-state index contributed by atoms with van der Waals surface area (Å²) in [5, 5.41) is 36.9. The second-order valence-corrected chi connectivity index (χ2v) is 4.90. The molecule has 0 aliphatic heterocycles. The number of nitrogens with zero attached hydrogens (tertiary/aromatic N) is 5.